The third-order valence-corrected chi connectivity index (χ3v) is 27.9. The summed E-state index contributed by atoms with van der Waals surface area (Å²) in [6.45, 7) is 7.89. The molecule has 15 aliphatic heterocycles. The maximum absolute atomic E-state index is 16.1. The predicted molar refractivity (Wildman–Crippen MR) is 474 cm³/mol. The number of ether oxygens (including phenoxy) is 12. The first kappa shape index (κ1) is 87.3. The summed E-state index contributed by atoms with van der Waals surface area (Å²) < 4.78 is 167. The van der Waals surface area contributed by atoms with Gasteiger partial charge in [-0.2, -0.15) is 0 Å². The molecule has 18 heterocycles. The Labute approximate surface area is 780 Å². The van der Waals surface area contributed by atoms with Crippen LogP contribution in [0.1, 0.15) is 154 Å². The fraction of sp³-hybridized carbons (Fsp3) is 0.323. The fourth-order valence-corrected chi connectivity index (χ4v) is 21.7. The Morgan fingerprint density at radius 3 is 0.949 bits per heavy atom. The van der Waals surface area contributed by atoms with E-state index in [9.17, 15) is 51.9 Å². The number of pyridine rings is 3. The van der Waals surface area contributed by atoms with Crippen molar-refractivity contribution in [1.29, 1.82) is 0 Å². The zero-order chi connectivity index (χ0) is 94.6. The van der Waals surface area contributed by atoms with E-state index in [1.807, 2.05) is 103 Å². The number of hydrogen-bond acceptors (Lipinski definition) is 27. The molecule has 0 N–H and O–H groups in total. The lowest BCUT2D eigenvalue weighted by molar-refractivity contribution is -0.149. The summed E-state index contributed by atoms with van der Waals surface area (Å²) in [4.78, 5) is 131. The number of rotatable bonds is 9. The third kappa shape index (κ3) is 14.0. The van der Waals surface area contributed by atoms with Crippen LogP contribution in [0.3, 0.4) is 0 Å². The third-order valence-electron chi connectivity index (χ3n) is 27.9. The van der Waals surface area contributed by atoms with Gasteiger partial charge in [0.25, 0.3) is 36.6 Å². The summed E-state index contributed by atoms with van der Waals surface area (Å²) in [7, 11) is 0. The molecule has 25 rings (SSSR count). The van der Waals surface area contributed by atoms with Gasteiger partial charge in [-0.05, 0) is 73.0 Å². The van der Waals surface area contributed by atoms with E-state index in [2.05, 4.69) is 0 Å². The van der Waals surface area contributed by atoms with Crippen molar-refractivity contribution in [2.24, 2.45) is 0 Å². The molecule has 10 aromatic rings. The van der Waals surface area contributed by atoms with E-state index in [1.165, 1.54) is 58.3 Å². The van der Waals surface area contributed by atoms with Gasteiger partial charge in [0.1, 0.15) is 36.6 Å². The zero-order valence-corrected chi connectivity index (χ0v) is 73.7. The number of benzene rings is 7. The molecule has 6 fully saturated rings. The normalized spacial score (nSPS) is 24.9. The fourth-order valence-electron chi connectivity index (χ4n) is 21.7. The van der Waals surface area contributed by atoms with Crippen LogP contribution in [0.2, 0.25) is 0 Å². The van der Waals surface area contributed by atoms with Crippen LogP contribution in [0.15, 0.2) is 208 Å². The van der Waals surface area contributed by atoms with Gasteiger partial charge in [0.05, 0.1) is 103 Å². The van der Waals surface area contributed by atoms with Gasteiger partial charge >= 0.3 is 17.9 Å². The van der Waals surface area contributed by atoms with E-state index in [4.69, 9.17) is 56.8 Å². The van der Waals surface area contributed by atoms with Gasteiger partial charge in [-0.3, -0.25) is 57.8 Å². The lowest BCUT2D eigenvalue weighted by atomic mass is 9.91. The van der Waals surface area contributed by atoms with Crippen molar-refractivity contribution in [3.05, 3.63) is 337 Å². The first-order valence-corrected chi connectivity index (χ1v) is 45.2. The first-order valence-electron chi connectivity index (χ1n) is 45.2. The number of fused-ring (bicyclic) bond motifs is 22. The zero-order valence-electron chi connectivity index (χ0n) is 73.7. The lowest BCUT2D eigenvalue weighted by Crippen LogP contribution is -2.66. The number of aromatic nitrogens is 3. The molecule has 0 bridgehead atoms. The number of carbonyl (C=O) groups excluding carboxylic acids is 6. The number of nitrogens with zero attached hydrogens (tertiary/aromatic N) is 12. The van der Waals surface area contributed by atoms with Crippen molar-refractivity contribution >= 4 is 52.7 Å². The predicted octanol–water partition coefficient (Wildman–Crippen LogP) is 9.34. The highest BCUT2D eigenvalue weighted by Crippen LogP contribution is 2.54. The van der Waals surface area contributed by atoms with E-state index < -0.39 is 160 Å². The molecule has 33 nitrogen and oxygen atoms in total. The quantitative estimate of drug-likeness (QED) is 0.0738. The molecular formula is C99H84F6N12O21. The van der Waals surface area contributed by atoms with Gasteiger partial charge in [0, 0.05) is 155 Å². The van der Waals surface area contributed by atoms with Gasteiger partial charge in [0.15, 0.2) is 52.0 Å². The molecule has 10 unspecified atom stereocenters. The van der Waals surface area contributed by atoms with Crippen molar-refractivity contribution in [2.75, 3.05) is 148 Å². The topological polar surface area (TPSA) is 308 Å². The average molecular weight is 1890 g/mol. The second-order valence-corrected chi connectivity index (χ2v) is 35.2. The number of amides is 3. The van der Waals surface area contributed by atoms with Crippen molar-refractivity contribution < 1.29 is 112 Å². The van der Waals surface area contributed by atoms with Crippen LogP contribution in [0, 0.1) is 34.9 Å². The highest BCUT2D eigenvalue weighted by molar-refractivity contribution is 5.99. The summed E-state index contributed by atoms with van der Waals surface area (Å²) >= 11 is 0. The molecule has 12 atom stereocenters. The molecule has 3 amide bonds. The number of hydrogen-bond donors (Lipinski definition) is 0. The molecule has 138 heavy (non-hydrogen) atoms. The van der Waals surface area contributed by atoms with E-state index >= 15 is 17.6 Å². The molecule has 39 heteroatoms. The highest BCUT2D eigenvalue weighted by atomic mass is 19.2. The van der Waals surface area contributed by atoms with Gasteiger partial charge in [-0.15, -0.1) is 0 Å². The van der Waals surface area contributed by atoms with Crippen LogP contribution in [0.25, 0.3) is 0 Å². The van der Waals surface area contributed by atoms with E-state index in [0.717, 1.165) is 52.0 Å². The van der Waals surface area contributed by atoms with Gasteiger partial charge in [-0.25, -0.2) is 40.7 Å². The maximum Gasteiger partial charge on any atom is 0.342 e. The van der Waals surface area contributed by atoms with E-state index in [-0.39, 0.29) is 130 Å². The monoisotopic (exact) mass is 1890 g/mol. The maximum atomic E-state index is 16.1. The molecule has 0 spiro atoms. The standard InChI is InChI=1S/C35H28F2N4O7.2C32H28F2N4O7/c36-23-10-9-22-28(29(23)37)25-17-45-15-13-38(25)24-8-4-3-7-21(24)30(22)41-27-18-46-16-14-39(27)33(43)31-32(26(42)11-12-40(31)41)47-35-20-6-2-1-5-19(20)34(44)48-35;2*1-17-14-25(45-32(17)41)44-30-23(39)8-9-37-29(30)31(40)36-11-13-43-16-24(36)38(37)28-18-4-2-3-5-21(18)35-10-12-42-15-22(35)26-19(28)6-7-20(33)27(26)34/h1-12,25,27,30,35H,13-18H2;2*2-9,14,22,24-25,28H,10-13,15-16H2,1H3/t;22?,24-,25?,28-;/m.1./s1. The number of para-hydroxylation sites is 3. The molecule has 0 aliphatic carbocycles. The minimum absolute atomic E-state index is 0.0819. The van der Waals surface area contributed by atoms with Gasteiger partial charge < -0.3 is 86.2 Å². The average Bonchev–Trinajstić information content (AvgIpc) is 1.24. The molecule has 3 aromatic heterocycles. The molecule has 0 saturated carbocycles. The summed E-state index contributed by atoms with van der Waals surface area (Å²) in [5, 5.41) is 5.58. The van der Waals surface area contributed by atoms with Crippen molar-refractivity contribution in [3.63, 3.8) is 0 Å². The minimum Gasteiger partial charge on any atom is -0.444 e. The number of halogens is 6. The van der Waals surface area contributed by atoms with Crippen LogP contribution in [0.5, 0.6) is 17.2 Å². The summed E-state index contributed by atoms with van der Waals surface area (Å²) in [5.41, 5.74) is 6.02. The Balaban J connectivity index is 0.000000116. The Hall–Kier alpha value is -14.8. The second-order valence-electron chi connectivity index (χ2n) is 35.2. The smallest absolute Gasteiger partial charge is 0.342 e. The molecule has 0 radical (unpaired) electrons. The van der Waals surface area contributed by atoms with Crippen LogP contribution in [-0.2, 0) is 52.2 Å². The lowest BCUT2D eigenvalue weighted by Gasteiger charge is -2.51. The second kappa shape index (κ2) is 34.5. The first-order chi connectivity index (χ1) is 67.1. The Morgan fingerprint density at radius 2 is 0.616 bits per heavy atom. The Bertz CT molecular complexity index is 6800. The van der Waals surface area contributed by atoms with E-state index in [0.29, 0.717) is 78.4 Å². The number of anilines is 3. The van der Waals surface area contributed by atoms with Crippen LogP contribution < -0.4 is 60.2 Å². The van der Waals surface area contributed by atoms with Crippen LogP contribution >= 0.6 is 0 Å². The summed E-state index contributed by atoms with van der Waals surface area (Å²) in [5.74, 6) is -9.95. The molecule has 6 saturated heterocycles. The number of esters is 3. The van der Waals surface area contributed by atoms with Gasteiger partial charge in [-0.1, -0.05) is 91.0 Å². The molecular weight excluding hydrogens is 1810 g/mol. The summed E-state index contributed by atoms with van der Waals surface area (Å²) in [6, 6.07) is 37.2. The van der Waals surface area contributed by atoms with Crippen molar-refractivity contribution in [1.82, 2.24) is 28.7 Å². The number of carbonyl (C=O) groups is 6. The number of cyclic esters (lactones) is 3. The van der Waals surface area contributed by atoms with Gasteiger partial charge in [0.2, 0.25) is 33.5 Å². The largest absolute Gasteiger partial charge is 0.444 e. The summed E-state index contributed by atoms with van der Waals surface area (Å²) in [6.07, 6.45) is 1.54. The van der Waals surface area contributed by atoms with Crippen molar-refractivity contribution in [3.8, 4) is 17.2 Å². The Kier molecular flexibility index (Phi) is 21.8. The molecule has 708 valence electrons. The number of morpholine rings is 6. The van der Waals surface area contributed by atoms with Crippen molar-refractivity contribution in [2.45, 2.75) is 87.5 Å². The van der Waals surface area contributed by atoms with Crippen LogP contribution in [-0.4, -0.2) is 214 Å². The Morgan fingerprint density at radius 1 is 0.312 bits per heavy atom. The molecule has 7 aromatic carbocycles. The van der Waals surface area contributed by atoms with Crippen LogP contribution in [0.4, 0.5) is 43.4 Å². The highest BCUT2D eigenvalue weighted by Gasteiger charge is 2.55. The van der Waals surface area contributed by atoms with E-state index in [1.54, 1.807) is 75.7 Å². The minimum atomic E-state index is -1.26. The molecule has 15 aliphatic rings. The SMILES string of the molecule is CC1=CC(Oc2c3n(ccc2=O)N(C2c4ccccc4N4CCOCC4c4c2ccc(F)c4F)C2COCCN2C3=O)OC1=O.CC1=CC(Oc2c3n(ccc2=O)N([C@@H]2c4ccccc4N4CCOCC4c4c2ccc(F)c4F)[C@@H]2COCCN2C3=O)OC1=O.O=C1OC(Oc2c3n(ccc2=O)N(C2c4ccccc4N4CCOCC4c4c2ccc(F)c4F)C2COCCN2C3=O)c2ccccc21.